The maximum absolute atomic E-state index is 10.7. The minimum absolute atomic E-state index is 0.152. The van der Waals surface area contributed by atoms with Gasteiger partial charge in [0.25, 0.3) is 10.1 Å². The van der Waals surface area contributed by atoms with E-state index in [-0.39, 0.29) is 11.8 Å². The predicted molar refractivity (Wildman–Crippen MR) is 69.3 cm³/mol. The number of thiophene rings is 1. The van der Waals surface area contributed by atoms with E-state index in [1.54, 1.807) is 17.7 Å². The van der Waals surface area contributed by atoms with Gasteiger partial charge in [-0.05, 0) is 24.3 Å². The molecule has 1 atom stereocenters. The number of imidazole rings is 1. The molecule has 0 spiro atoms. The van der Waals surface area contributed by atoms with E-state index in [0.717, 1.165) is 5.69 Å². The average molecular weight is 284 g/mol. The molecule has 1 aliphatic rings. The lowest BCUT2D eigenvalue weighted by atomic mass is 10.1. The molecular formula is C11H12N2O3S2. The van der Waals surface area contributed by atoms with Gasteiger partial charge in [-0.15, -0.1) is 11.3 Å². The van der Waals surface area contributed by atoms with E-state index in [9.17, 15) is 8.42 Å². The Morgan fingerprint density at radius 3 is 3.11 bits per heavy atom. The molecule has 1 aliphatic heterocycles. The molecular weight excluding hydrogens is 272 g/mol. The molecule has 0 amide bonds. The van der Waals surface area contributed by atoms with Crippen molar-refractivity contribution in [2.75, 3.05) is 5.75 Å². The second-order valence-electron chi connectivity index (χ2n) is 4.33. The molecule has 7 heteroatoms. The second-order valence-corrected chi connectivity index (χ2v) is 6.85. The summed E-state index contributed by atoms with van der Waals surface area (Å²) in [5.74, 6) is -0.186. The molecule has 0 saturated heterocycles. The van der Waals surface area contributed by atoms with Crippen molar-refractivity contribution >= 4 is 21.5 Å². The summed E-state index contributed by atoms with van der Waals surface area (Å²) in [5, 5.41) is 2.04. The monoisotopic (exact) mass is 284 g/mol. The Balaban J connectivity index is 1.82. The van der Waals surface area contributed by atoms with E-state index in [1.807, 2.05) is 11.6 Å². The summed E-state index contributed by atoms with van der Waals surface area (Å²) in [6.07, 6.45) is 4.74. The minimum atomic E-state index is -3.87. The Hall–Kier alpha value is -1.18. The molecule has 3 heterocycles. The number of hydrogen-bond donors (Lipinski definition) is 1. The third-order valence-corrected chi connectivity index (χ3v) is 4.98. The summed E-state index contributed by atoms with van der Waals surface area (Å²) in [6.45, 7) is 0. The van der Waals surface area contributed by atoms with Crippen LogP contribution in [0.1, 0.15) is 23.8 Å². The summed E-state index contributed by atoms with van der Waals surface area (Å²) in [7, 11) is -3.87. The number of fused-ring (bicyclic) bond motifs is 3. The molecule has 1 unspecified atom stereocenters. The summed E-state index contributed by atoms with van der Waals surface area (Å²) >= 11 is 1.68. The molecule has 0 saturated carbocycles. The first kappa shape index (κ1) is 11.9. The first-order chi connectivity index (χ1) is 8.56. The van der Waals surface area contributed by atoms with Crippen LogP contribution in [0.5, 0.6) is 0 Å². The van der Waals surface area contributed by atoms with Crippen molar-refractivity contribution in [3.05, 3.63) is 28.8 Å². The highest BCUT2D eigenvalue weighted by Crippen LogP contribution is 2.44. The SMILES string of the molecule is O=S(=O)(O)CCCC1c2sccc2-c2cncn21. The molecule has 5 nitrogen and oxygen atoms in total. The van der Waals surface area contributed by atoms with Crippen molar-refractivity contribution in [3.8, 4) is 11.3 Å². The highest BCUT2D eigenvalue weighted by molar-refractivity contribution is 7.85. The molecule has 0 radical (unpaired) electrons. The predicted octanol–water partition coefficient (Wildman–Crippen LogP) is 2.18. The Bertz CT molecular complexity index is 632. The van der Waals surface area contributed by atoms with Crippen LogP contribution >= 0.6 is 11.3 Å². The van der Waals surface area contributed by atoms with Crippen molar-refractivity contribution in [2.24, 2.45) is 0 Å². The number of rotatable bonds is 4. The van der Waals surface area contributed by atoms with Gasteiger partial charge in [-0.3, -0.25) is 4.55 Å². The summed E-state index contributed by atoms with van der Waals surface area (Å²) in [5.41, 5.74) is 2.28. The average Bonchev–Trinajstić information content (AvgIpc) is 2.92. The van der Waals surface area contributed by atoms with Gasteiger partial charge >= 0.3 is 0 Å². The lowest BCUT2D eigenvalue weighted by molar-refractivity contribution is 0.475. The number of hydrogen-bond acceptors (Lipinski definition) is 4. The van der Waals surface area contributed by atoms with E-state index in [4.69, 9.17) is 4.55 Å². The fraction of sp³-hybridized carbons (Fsp3) is 0.364. The molecule has 3 rings (SSSR count). The Kier molecular flexibility index (Phi) is 2.76. The van der Waals surface area contributed by atoms with Crippen molar-refractivity contribution in [1.29, 1.82) is 0 Å². The van der Waals surface area contributed by atoms with Gasteiger partial charge in [0, 0.05) is 10.4 Å². The van der Waals surface area contributed by atoms with E-state index in [1.165, 1.54) is 10.4 Å². The molecule has 18 heavy (non-hydrogen) atoms. The van der Waals surface area contributed by atoms with Gasteiger partial charge in [0.15, 0.2) is 0 Å². The summed E-state index contributed by atoms with van der Waals surface area (Å²) in [4.78, 5) is 5.38. The first-order valence-corrected chi connectivity index (χ1v) is 8.10. The molecule has 0 aliphatic carbocycles. The standard InChI is InChI=1S/C11H12N2O3S2/c14-18(15,16)5-1-2-9-11-8(3-4-17-11)10-6-12-7-13(9)10/h3-4,6-7,9H,1-2,5H2,(H,14,15,16). The highest BCUT2D eigenvalue weighted by Gasteiger charge is 2.29. The maximum Gasteiger partial charge on any atom is 0.264 e. The molecule has 0 fully saturated rings. The van der Waals surface area contributed by atoms with Crippen LogP contribution in [-0.2, 0) is 10.1 Å². The van der Waals surface area contributed by atoms with E-state index in [0.29, 0.717) is 12.8 Å². The van der Waals surface area contributed by atoms with Crippen LogP contribution < -0.4 is 0 Å². The number of nitrogens with zero attached hydrogens (tertiary/aromatic N) is 2. The third-order valence-electron chi connectivity index (χ3n) is 3.16. The Labute approximate surface area is 109 Å². The molecule has 96 valence electrons. The van der Waals surface area contributed by atoms with Gasteiger partial charge in [0.05, 0.1) is 30.0 Å². The zero-order valence-electron chi connectivity index (χ0n) is 9.48. The fourth-order valence-corrected chi connectivity index (χ4v) is 3.98. The topological polar surface area (TPSA) is 72.2 Å². The molecule has 2 aromatic heterocycles. The summed E-state index contributed by atoms with van der Waals surface area (Å²) in [6, 6.07) is 2.22. The van der Waals surface area contributed by atoms with Crippen LogP contribution in [0.2, 0.25) is 0 Å². The largest absolute Gasteiger partial charge is 0.322 e. The van der Waals surface area contributed by atoms with E-state index >= 15 is 0 Å². The molecule has 0 aromatic carbocycles. The lowest BCUT2D eigenvalue weighted by Crippen LogP contribution is -2.09. The smallest absolute Gasteiger partial charge is 0.264 e. The molecule has 0 bridgehead atoms. The second kappa shape index (κ2) is 4.18. The zero-order chi connectivity index (χ0) is 12.8. The number of aromatic nitrogens is 2. The Morgan fingerprint density at radius 1 is 1.50 bits per heavy atom. The van der Waals surface area contributed by atoms with Crippen LogP contribution in [0, 0.1) is 0 Å². The third kappa shape index (κ3) is 1.98. The van der Waals surface area contributed by atoms with Gasteiger partial charge in [-0.2, -0.15) is 8.42 Å². The fourth-order valence-electron chi connectivity index (χ4n) is 2.41. The van der Waals surface area contributed by atoms with Crippen molar-refractivity contribution in [2.45, 2.75) is 18.9 Å². The van der Waals surface area contributed by atoms with Crippen molar-refractivity contribution < 1.29 is 13.0 Å². The van der Waals surface area contributed by atoms with Crippen molar-refractivity contribution in [1.82, 2.24) is 9.55 Å². The van der Waals surface area contributed by atoms with Crippen LogP contribution in [0.4, 0.5) is 0 Å². The van der Waals surface area contributed by atoms with Crippen LogP contribution in [-0.4, -0.2) is 28.3 Å². The maximum atomic E-state index is 10.7. The normalized spacial score (nSPS) is 17.7. The van der Waals surface area contributed by atoms with Gasteiger partial charge in [0.1, 0.15) is 0 Å². The lowest BCUT2D eigenvalue weighted by Gasteiger charge is -2.12. The minimum Gasteiger partial charge on any atom is -0.322 e. The quantitative estimate of drug-likeness (QED) is 0.873. The van der Waals surface area contributed by atoms with Crippen LogP contribution in [0.15, 0.2) is 24.0 Å². The molecule has 2 aromatic rings. The van der Waals surface area contributed by atoms with Gasteiger partial charge < -0.3 is 4.57 Å². The van der Waals surface area contributed by atoms with E-state index < -0.39 is 10.1 Å². The van der Waals surface area contributed by atoms with Crippen LogP contribution in [0.3, 0.4) is 0 Å². The van der Waals surface area contributed by atoms with E-state index in [2.05, 4.69) is 15.6 Å². The van der Waals surface area contributed by atoms with Gasteiger partial charge in [-0.25, -0.2) is 4.98 Å². The van der Waals surface area contributed by atoms with Gasteiger partial charge in [-0.1, -0.05) is 0 Å². The van der Waals surface area contributed by atoms with Crippen LogP contribution in [0.25, 0.3) is 11.3 Å². The first-order valence-electron chi connectivity index (χ1n) is 5.61. The highest BCUT2D eigenvalue weighted by atomic mass is 32.2. The molecule has 1 N–H and O–H groups in total. The Morgan fingerprint density at radius 2 is 2.33 bits per heavy atom. The zero-order valence-corrected chi connectivity index (χ0v) is 11.1. The van der Waals surface area contributed by atoms with Crippen molar-refractivity contribution in [3.63, 3.8) is 0 Å². The van der Waals surface area contributed by atoms with Gasteiger partial charge in [0.2, 0.25) is 0 Å². The summed E-state index contributed by atoms with van der Waals surface area (Å²) < 4.78 is 32.3.